The van der Waals surface area contributed by atoms with Gasteiger partial charge in [-0.15, -0.1) is 0 Å². The lowest BCUT2D eigenvalue weighted by molar-refractivity contribution is 0.00693. The van der Waals surface area contributed by atoms with E-state index in [1.54, 1.807) is 36.5 Å². The topological polar surface area (TPSA) is 92.3 Å². The number of pyridine rings is 1. The summed E-state index contributed by atoms with van der Waals surface area (Å²) in [5.41, 5.74) is 4.36. The molecule has 0 aliphatic heterocycles. The maximum Gasteiger partial charge on any atom is 0.338 e. The molecule has 4 rings (SSSR count). The van der Waals surface area contributed by atoms with Gasteiger partial charge in [0.15, 0.2) is 0 Å². The molecule has 6 heteroatoms. The minimum Gasteiger partial charge on any atom is -0.478 e. The number of nitrogens with zero attached hydrogens (tertiary/aromatic N) is 1. The van der Waals surface area contributed by atoms with Gasteiger partial charge in [0.1, 0.15) is 11.2 Å². The molecule has 0 aliphatic rings. The molecule has 2 N–H and O–H groups in total. The monoisotopic (exact) mass is 414 g/mol. The normalized spacial score (nSPS) is 11.5. The number of carbonyl (C=O) groups is 2. The fourth-order valence-corrected chi connectivity index (χ4v) is 3.35. The molecule has 2 aromatic carbocycles. The lowest BCUT2D eigenvalue weighted by Gasteiger charge is -2.19. The van der Waals surface area contributed by atoms with Crippen molar-refractivity contribution in [2.45, 2.75) is 26.4 Å². The standard InChI is InChI=1S/C25H22N2O4/c1-25(2,3)31-24(30)16-9-7-15(8-10-16)21-14-27-22-20(21)12-19(13-26-22)17-5-4-6-18(11-17)23(28)29/h4-14H,1-3H3,(H,26,27)(H,28,29). The first-order valence-electron chi connectivity index (χ1n) is 9.86. The SMILES string of the molecule is CC(C)(C)OC(=O)c1ccc(-c2c[nH]c3ncc(-c4cccc(C(=O)O)c4)cc23)cc1. The third kappa shape index (κ3) is 4.33. The molecule has 0 saturated heterocycles. The van der Waals surface area contributed by atoms with Crippen LogP contribution in [-0.4, -0.2) is 32.6 Å². The van der Waals surface area contributed by atoms with Gasteiger partial charge >= 0.3 is 11.9 Å². The number of aromatic amines is 1. The number of ether oxygens (including phenoxy) is 1. The summed E-state index contributed by atoms with van der Waals surface area (Å²) in [7, 11) is 0. The molecule has 0 saturated carbocycles. The zero-order chi connectivity index (χ0) is 22.2. The number of hydrogen-bond acceptors (Lipinski definition) is 4. The Labute approximate surface area is 179 Å². The first kappa shape index (κ1) is 20.3. The Bertz CT molecular complexity index is 1280. The van der Waals surface area contributed by atoms with E-state index in [-0.39, 0.29) is 11.5 Å². The van der Waals surface area contributed by atoms with Crippen molar-refractivity contribution in [2.24, 2.45) is 0 Å². The van der Waals surface area contributed by atoms with Crippen molar-refractivity contribution >= 4 is 23.0 Å². The van der Waals surface area contributed by atoms with Crippen LogP contribution in [0.4, 0.5) is 0 Å². The molecular formula is C25H22N2O4. The number of carbonyl (C=O) groups excluding carboxylic acids is 1. The zero-order valence-corrected chi connectivity index (χ0v) is 17.5. The van der Waals surface area contributed by atoms with Crippen molar-refractivity contribution in [3.05, 3.63) is 78.1 Å². The van der Waals surface area contributed by atoms with Gasteiger partial charge in [-0.1, -0.05) is 24.3 Å². The summed E-state index contributed by atoms with van der Waals surface area (Å²) in [5, 5.41) is 10.2. The number of aromatic carboxylic acids is 1. The summed E-state index contributed by atoms with van der Waals surface area (Å²) < 4.78 is 5.42. The van der Waals surface area contributed by atoms with Gasteiger partial charge in [-0.2, -0.15) is 0 Å². The van der Waals surface area contributed by atoms with E-state index in [0.717, 1.165) is 33.3 Å². The minimum absolute atomic E-state index is 0.227. The second-order valence-corrected chi connectivity index (χ2v) is 8.29. The van der Waals surface area contributed by atoms with E-state index in [1.807, 2.05) is 51.2 Å². The number of nitrogens with one attached hydrogen (secondary N) is 1. The van der Waals surface area contributed by atoms with E-state index in [2.05, 4.69) is 9.97 Å². The molecule has 6 nitrogen and oxygen atoms in total. The number of carboxylic acid groups (broad SMARTS) is 1. The molecule has 156 valence electrons. The van der Waals surface area contributed by atoms with Crippen molar-refractivity contribution in [1.82, 2.24) is 9.97 Å². The van der Waals surface area contributed by atoms with Crippen molar-refractivity contribution < 1.29 is 19.4 Å². The quantitative estimate of drug-likeness (QED) is 0.427. The number of rotatable bonds is 4. The molecular weight excluding hydrogens is 392 g/mol. The minimum atomic E-state index is -0.969. The summed E-state index contributed by atoms with van der Waals surface area (Å²) in [6.07, 6.45) is 3.59. The van der Waals surface area contributed by atoms with E-state index >= 15 is 0 Å². The summed E-state index contributed by atoms with van der Waals surface area (Å²) >= 11 is 0. The average molecular weight is 414 g/mol. The fraction of sp³-hybridized carbons (Fsp3) is 0.160. The van der Waals surface area contributed by atoms with Gasteiger partial charge in [0.25, 0.3) is 0 Å². The first-order chi connectivity index (χ1) is 14.7. The van der Waals surface area contributed by atoms with Crippen LogP contribution in [0.2, 0.25) is 0 Å². The van der Waals surface area contributed by atoms with E-state index < -0.39 is 11.6 Å². The first-order valence-corrected chi connectivity index (χ1v) is 9.86. The maximum atomic E-state index is 12.3. The van der Waals surface area contributed by atoms with Gasteiger partial charge in [0, 0.05) is 28.9 Å². The van der Waals surface area contributed by atoms with E-state index in [9.17, 15) is 14.7 Å². The lowest BCUT2D eigenvalue weighted by atomic mass is 10.0. The van der Waals surface area contributed by atoms with Gasteiger partial charge in [0.05, 0.1) is 11.1 Å². The van der Waals surface area contributed by atoms with Crippen LogP contribution in [0, 0.1) is 0 Å². The van der Waals surface area contributed by atoms with Gasteiger partial charge in [0.2, 0.25) is 0 Å². The highest BCUT2D eigenvalue weighted by molar-refractivity contribution is 5.97. The Morgan fingerprint density at radius 1 is 0.935 bits per heavy atom. The Morgan fingerprint density at radius 3 is 2.35 bits per heavy atom. The number of benzene rings is 2. The molecule has 0 bridgehead atoms. The number of H-pyrrole nitrogens is 1. The van der Waals surface area contributed by atoms with Crippen LogP contribution in [0.25, 0.3) is 33.3 Å². The Hall–Kier alpha value is -3.93. The smallest absolute Gasteiger partial charge is 0.338 e. The summed E-state index contributed by atoms with van der Waals surface area (Å²) in [4.78, 5) is 31.2. The molecule has 31 heavy (non-hydrogen) atoms. The van der Waals surface area contributed by atoms with Crippen LogP contribution >= 0.6 is 0 Å². The molecule has 2 aromatic heterocycles. The van der Waals surface area contributed by atoms with Gasteiger partial charge < -0.3 is 14.8 Å². The van der Waals surface area contributed by atoms with Crippen LogP contribution in [0.5, 0.6) is 0 Å². The summed E-state index contributed by atoms with van der Waals surface area (Å²) in [5.74, 6) is -1.33. The summed E-state index contributed by atoms with van der Waals surface area (Å²) in [6, 6.07) is 16.0. The van der Waals surface area contributed by atoms with Crippen molar-refractivity contribution in [2.75, 3.05) is 0 Å². The van der Waals surface area contributed by atoms with E-state index in [1.165, 1.54) is 0 Å². The van der Waals surface area contributed by atoms with Crippen LogP contribution in [0.15, 0.2) is 67.0 Å². The van der Waals surface area contributed by atoms with E-state index in [4.69, 9.17) is 4.74 Å². The highest BCUT2D eigenvalue weighted by Crippen LogP contribution is 2.31. The van der Waals surface area contributed by atoms with Gasteiger partial charge in [-0.25, -0.2) is 14.6 Å². The highest BCUT2D eigenvalue weighted by Gasteiger charge is 2.18. The zero-order valence-electron chi connectivity index (χ0n) is 17.5. The predicted molar refractivity (Wildman–Crippen MR) is 119 cm³/mol. The molecule has 0 atom stereocenters. The third-order valence-electron chi connectivity index (χ3n) is 4.80. The number of hydrogen-bond donors (Lipinski definition) is 2. The largest absolute Gasteiger partial charge is 0.478 e. The number of fused-ring (bicyclic) bond motifs is 1. The van der Waals surface area contributed by atoms with E-state index in [0.29, 0.717) is 5.56 Å². The Morgan fingerprint density at radius 2 is 1.68 bits per heavy atom. The predicted octanol–water partition coefficient (Wildman–Crippen LogP) is 5.55. The van der Waals surface area contributed by atoms with Crippen LogP contribution in [0.1, 0.15) is 41.5 Å². The van der Waals surface area contributed by atoms with Gasteiger partial charge in [-0.3, -0.25) is 0 Å². The van der Waals surface area contributed by atoms with Crippen molar-refractivity contribution in [1.29, 1.82) is 0 Å². The number of carboxylic acids is 1. The van der Waals surface area contributed by atoms with Crippen LogP contribution in [-0.2, 0) is 4.74 Å². The Kier molecular flexibility index (Phi) is 5.07. The second kappa shape index (κ2) is 7.72. The fourth-order valence-electron chi connectivity index (χ4n) is 3.35. The van der Waals surface area contributed by atoms with Gasteiger partial charge in [-0.05, 0) is 62.2 Å². The molecule has 0 amide bonds. The van der Waals surface area contributed by atoms with Crippen LogP contribution < -0.4 is 0 Å². The van der Waals surface area contributed by atoms with Crippen molar-refractivity contribution in [3.63, 3.8) is 0 Å². The lowest BCUT2D eigenvalue weighted by Crippen LogP contribution is -2.23. The molecule has 0 radical (unpaired) electrons. The maximum absolute atomic E-state index is 12.3. The highest BCUT2D eigenvalue weighted by atomic mass is 16.6. The molecule has 2 heterocycles. The molecule has 0 fully saturated rings. The summed E-state index contributed by atoms with van der Waals surface area (Å²) in [6.45, 7) is 5.51. The molecule has 4 aromatic rings. The second-order valence-electron chi connectivity index (χ2n) is 8.29. The molecule has 0 aliphatic carbocycles. The number of esters is 1. The average Bonchev–Trinajstić information content (AvgIpc) is 3.16. The van der Waals surface area contributed by atoms with Crippen LogP contribution in [0.3, 0.4) is 0 Å². The molecule has 0 spiro atoms. The number of aromatic nitrogens is 2. The Balaban J connectivity index is 1.69. The molecule has 0 unspecified atom stereocenters. The third-order valence-corrected chi connectivity index (χ3v) is 4.80. The van der Waals surface area contributed by atoms with Crippen molar-refractivity contribution in [3.8, 4) is 22.3 Å².